The van der Waals surface area contributed by atoms with E-state index in [1.807, 2.05) is 11.0 Å². The number of ether oxygens (including phenoxy) is 1. The second-order valence-corrected chi connectivity index (χ2v) is 6.73. The summed E-state index contributed by atoms with van der Waals surface area (Å²) in [6, 6.07) is 6.40. The van der Waals surface area contributed by atoms with Crippen LogP contribution in [0.1, 0.15) is 30.9 Å². The number of piperazine rings is 1. The van der Waals surface area contributed by atoms with Crippen molar-refractivity contribution in [2.45, 2.75) is 38.6 Å². The van der Waals surface area contributed by atoms with E-state index in [9.17, 15) is 9.90 Å². The third-order valence-electron chi connectivity index (χ3n) is 5.30. The third kappa shape index (κ3) is 3.90. The summed E-state index contributed by atoms with van der Waals surface area (Å²) in [5.74, 6) is 0.848. The van der Waals surface area contributed by atoms with Crippen molar-refractivity contribution in [2.75, 3.05) is 39.4 Å². The van der Waals surface area contributed by atoms with Crippen LogP contribution in [0, 0.1) is 0 Å². The highest BCUT2D eigenvalue weighted by Gasteiger charge is 2.25. The average molecular weight is 332 g/mol. The van der Waals surface area contributed by atoms with Gasteiger partial charge in [-0.15, -0.1) is 0 Å². The molecular formula is C19H28N2O3. The monoisotopic (exact) mass is 332 g/mol. The van der Waals surface area contributed by atoms with Gasteiger partial charge in [-0.05, 0) is 48.9 Å². The summed E-state index contributed by atoms with van der Waals surface area (Å²) in [5.41, 5.74) is 2.78. The summed E-state index contributed by atoms with van der Waals surface area (Å²) >= 11 is 0. The van der Waals surface area contributed by atoms with Gasteiger partial charge in [0.15, 0.2) is 6.61 Å². The van der Waals surface area contributed by atoms with Gasteiger partial charge in [0.2, 0.25) is 0 Å². The predicted octanol–water partition coefficient (Wildman–Crippen LogP) is 1.47. The maximum absolute atomic E-state index is 12.4. The molecule has 1 heterocycles. The van der Waals surface area contributed by atoms with Crippen LogP contribution in [0.15, 0.2) is 18.2 Å². The van der Waals surface area contributed by atoms with Crippen LogP contribution >= 0.6 is 0 Å². The number of fused-ring (bicyclic) bond motifs is 1. The van der Waals surface area contributed by atoms with Gasteiger partial charge in [-0.1, -0.05) is 13.0 Å². The van der Waals surface area contributed by atoms with Crippen LogP contribution in [0.2, 0.25) is 0 Å². The maximum Gasteiger partial charge on any atom is 0.260 e. The Kier molecular flexibility index (Phi) is 5.74. The first kappa shape index (κ1) is 17.2. The van der Waals surface area contributed by atoms with Crippen molar-refractivity contribution in [1.29, 1.82) is 0 Å². The topological polar surface area (TPSA) is 53.0 Å². The SMILES string of the molecule is CCC(CO)N1CCN(C(=O)COc2ccc3c(c2)CCC3)CC1. The quantitative estimate of drug-likeness (QED) is 0.857. The smallest absolute Gasteiger partial charge is 0.260 e. The molecule has 2 aliphatic rings. The van der Waals surface area contributed by atoms with Crippen LogP contribution in [-0.2, 0) is 17.6 Å². The molecule has 3 rings (SSSR count). The molecule has 1 amide bonds. The number of aliphatic hydroxyl groups is 1. The Bertz CT molecular complexity index is 564. The minimum atomic E-state index is 0.0483. The summed E-state index contributed by atoms with van der Waals surface area (Å²) in [5, 5.41) is 9.39. The lowest BCUT2D eigenvalue weighted by atomic mass is 10.1. The lowest BCUT2D eigenvalue weighted by Crippen LogP contribution is -2.53. The van der Waals surface area contributed by atoms with Crippen molar-refractivity contribution >= 4 is 5.91 Å². The molecule has 1 fully saturated rings. The molecule has 0 bridgehead atoms. The Morgan fingerprint density at radius 3 is 2.67 bits per heavy atom. The van der Waals surface area contributed by atoms with Crippen LogP contribution in [0.4, 0.5) is 0 Å². The zero-order chi connectivity index (χ0) is 16.9. The molecule has 132 valence electrons. The van der Waals surface area contributed by atoms with Crippen molar-refractivity contribution in [3.8, 4) is 5.75 Å². The van der Waals surface area contributed by atoms with Crippen LogP contribution in [0.5, 0.6) is 5.75 Å². The van der Waals surface area contributed by atoms with Gasteiger partial charge in [0, 0.05) is 32.2 Å². The number of benzene rings is 1. The van der Waals surface area contributed by atoms with Gasteiger partial charge in [-0.3, -0.25) is 9.69 Å². The van der Waals surface area contributed by atoms with E-state index in [-0.39, 0.29) is 25.2 Å². The van der Waals surface area contributed by atoms with Gasteiger partial charge in [0.05, 0.1) is 6.61 Å². The summed E-state index contributed by atoms with van der Waals surface area (Å²) < 4.78 is 5.72. The summed E-state index contributed by atoms with van der Waals surface area (Å²) in [6.45, 7) is 5.45. The molecule has 1 aromatic carbocycles. The highest BCUT2D eigenvalue weighted by atomic mass is 16.5. The van der Waals surface area contributed by atoms with E-state index in [4.69, 9.17) is 4.74 Å². The average Bonchev–Trinajstić information content (AvgIpc) is 3.09. The number of carbonyl (C=O) groups is 1. The Morgan fingerprint density at radius 1 is 1.21 bits per heavy atom. The predicted molar refractivity (Wildman–Crippen MR) is 93.3 cm³/mol. The van der Waals surface area contributed by atoms with E-state index in [1.165, 1.54) is 17.5 Å². The number of amides is 1. The molecule has 1 aliphatic heterocycles. The number of hydrogen-bond donors (Lipinski definition) is 1. The number of carbonyl (C=O) groups excluding carboxylic acids is 1. The zero-order valence-electron chi connectivity index (χ0n) is 14.5. The minimum absolute atomic E-state index is 0.0483. The molecule has 1 saturated heterocycles. The van der Waals surface area contributed by atoms with E-state index in [0.717, 1.165) is 38.1 Å². The largest absolute Gasteiger partial charge is 0.484 e. The number of hydrogen-bond acceptors (Lipinski definition) is 4. The fourth-order valence-electron chi connectivity index (χ4n) is 3.71. The van der Waals surface area contributed by atoms with Crippen LogP contribution in [-0.4, -0.2) is 66.2 Å². The Balaban J connectivity index is 1.46. The second kappa shape index (κ2) is 7.99. The highest BCUT2D eigenvalue weighted by molar-refractivity contribution is 5.77. The van der Waals surface area contributed by atoms with Crippen molar-refractivity contribution in [2.24, 2.45) is 0 Å². The molecule has 1 aromatic rings. The molecule has 5 nitrogen and oxygen atoms in total. The maximum atomic E-state index is 12.4. The van der Waals surface area contributed by atoms with Gasteiger partial charge < -0.3 is 14.7 Å². The first-order chi connectivity index (χ1) is 11.7. The van der Waals surface area contributed by atoms with Gasteiger partial charge in [0.25, 0.3) is 5.91 Å². The van der Waals surface area contributed by atoms with Crippen LogP contribution in [0.3, 0.4) is 0 Å². The number of aryl methyl sites for hydroxylation is 2. The summed E-state index contributed by atoms with van der Waals surface area (Å²) in [4.78, 5) is 16.5. The Labute approximate surface area is 144 Å². The molecule has 24 heavy (non-hydrogen) atoms. The van der Waals surface area contributed by atoms with E-state index in [1.54, 1.807) is 0 Å². The molecule has 0 radical (unpaired) electrons. The molecule has 5 heteroatoms. The van der Waals surface area contributed by atoms with Gasteiger partial charge in [0.1, 0.15) is 5.75 Å². The van der Waals surface area contributed by atoms with Crippen molar-refractivity contribution in [3.05, 3.63) is 29.3 Å². The van der Waals surface area contributed by atoms with Crippen LogP contribution in [0.25, 0.3) is 0 Å². The molecule has 0 aromatic heterocycles. The van der Waals surface area contributed by atoms with Crippen molar-refractivity contribution < 1.29 is 14.6 Å². The van der Waals surface area contributed by atoms with Crippen molar-refractivity contribution in [3.63, 3.8) is 0 Å². The number of aliphatic hydroxyl groups excluding tert-OH is 1. The Hall–Kier alpha value is -1.59. The highest BCUT2D eigenvalue weighted by Crippen LogP contribution is 2.26. The molecule has 0 spiro atoms. The molecule has 1 aliphatic carbocycles. The minimum Gasteiger partial charge on any atom is -0.484 e. The third-order valence-corrected chi connectivity index (χ3v) is 5.30. The fraction of sp³-hybridized carbons (Fsp3) is 0.632. The Morgan fingerprint density at radius 2 is 1.96 bits per heavy atom. The first-order valence-corrected chi connectivity index (χ1v) is 9.08. The van der Waals surface area contributed by atoms with Crippen molar-refractivity contribution in [1.82, 2.24) is 9.80 Å². The van der Waals surface area contributed by atoms with Gasteiger partial charge >= 0.3 is 0 Å². The van der Waals surface area contributed by atoms with Crippen LogP contribution < -0.4 is 4.74 Å². The number of rotatable bonds is 6. The summed E-state index contributed by atoms with van der Waals surface area (Å²) in [7, 11) is 0. The molecular weight excluding hydrogens is 304 g/mol. The lowest BCUT2D eigenvalue weighted by molar-refractivity contribution is -0.135. The van der Waals surface area contributed by atoms with E-state index in [2.05, 4.69) is 24.0 Å². The number of nitrogens with zero attached hydrogens (tertiary/aromatic N) is 2. The zero-order valence-corrected chi connectivity index (χ0v) is 14.5. The normalized spacial score (nSPS) is 19.2. The summed E-state index contributed by atoms with van der Waals surface area (Å²) in [6.07, 6.45) is 4.43. The van der Waals surface area contributed by atoms with Gasteiger partial charge in [-0.25, -0.2) is 0 Å². The fourth-order valence-corrected chi connectivity index (χ4v) is 3.71. The first-order valence-electron chi connectivity index (χ1n) is 9.08. The standard InChI is InChI=1S/C19H28N2O3/c1-2-17(13-22)20-8-10-21(11-9-20)19(23)14-24-18-7-6-15-4-3-5-16(15)12-18/h6-7,12,17,22H,2-5,8-11,13-14H2,1H3. The molecule has 1 unspecified atom stereocenters. The molecule has 0 saturated carbocycles. The lowest BCUT2D eigenvalue weighted by Gasteiger charge is -2.38. The second-order valence-electron chi connectivity index (χ2n) is 6.73. The van der Waals surface area contributed by atoms with E-state index in [0.29, 0.717) is 13.1 Å². The molecule has 1 atom stereocenters. The van der Waals surface area contributed by atoms with E-state index < -0.39 is 0 Å². The van der Waals surface area contributed by atoms with E-state index >= 15 is 0 Å². The van der Waals surface area contributed by atoms with Gasteiger partial charge in [-0.2, -0.15) is 0 Å². The molecule has 1 N–H and O–H groups in total.